The second kappa shape index (κ2) is 6.14. The molecule has 3 rings (SSSR count). The summed E-state index contributed by atoms with van der Waals surface area (Å²) < 4.78 is 0. The smallest absolute Gasteiger partial charge is 0.168 e. The predicted octanol–water partition coefficient (Wildman–Crippen LogP) is 4.02. The largest absolute Gasteiger partial charge is 0.511 e. The summed E-state index contributed by atoms with van der Waals surface area (Å²) in [6, 6.07) is 14.3. The standard InChI is InChI=1S/C19H19NO2/c1-20-16(19-17(21)10-5-11-18(19)22)12-14-8-4-7-13-6-2-3-9-15(13)14/h2-4,6-9,21H,5,10-12H2,1H3. The molecule has 112 valence electrons. The fourth-order valence-electron chi connectivity index (χ4n) is 3.06. The van der Waals surface area contributed by atoms with E-state index in [2.05, 4.69) is 29.3 Å². The van der Waals surface area contributed by atoms with Gasteiger partial charge in [0.25, 0.3) is 0 Å². The molecule has 0 heterocycles. The summed E-state index contributed by atoms with van der Waals surface area (Å²) in [7, 11) is 1.68. The number of benzene rings is 2. The van der Waals surface area contributed by atoms with Gasteiger partial charge in [0.2, 0.25) is 0 Å². The number of carbonyl (C=O) groups is 1. The van der Waals surface area contributed by atoms with E-state index in [0.717, 1.165) is 17.4 Å². The lowest BCUT2D eigenvalue weighted by atomic mass is 9.89. The maximum absolute atomic E-state index is 12.2. The van der Waals surface area contributed by atoms with Crippen LogP contribution in [0.4, 0.5) is 0 Å². The van der Waals surface area contributed by atoms with E-state index in [1.165, 1.54) is 5.39 Å². The Kier molecular flexibility index (Phi) is 4.05. The Morgan fingerprint density at radius 2 is 1.91 bits per heavy atom. The Balaban J connectivity index is 2.01. The maximum Gasteiger partial charge on any atom is 0.168 e. The molecule has 22 heavy (non-hydrogen) atoms. The van der Waals surface area contributed by atoms with Gasteiger partial charge in [-0.2, -0.15) is 0 Å². The molecule has 1 N–H and O–H groups in total. The average Bonchev–Trinajstić information content (AvgIpc) is 2.54. The molecule has 0 aliphatic heterocycles. The normalized spacial score (nSPS) is 16.4. The van der Waals surface area contributed by atoms with Crippen molar-refractivity contribution in [2.45, 2.75) is 25.7 Å². The van der Waals surface area contributed by atoms with Crippen molar-refractivity contribution in [3.05, 3.63) is 59.4 Å². The summed E-state index contributed by atoms with van der Waals surface area (Å²) in [6.07, 6.45) is 2.34. The van der Waals surface area contributed by atoms with Crippen LogP contribution < -0.4 is 0 Å². The molecular formula is C19H19NO2. The highest BCUT2D eigenvalue weighted by Gasteiger charge is 2.24. The molecule has 2 aromatic carbocycles. The van der Waals surface area contributed by atoms with Gasteiger partial charge in [-0.1, -0.05) is 42.5 Å². The number of allylic oxidation sites excluding steroid dienone is 2. The molecule has 1 aliphatic rings. The summed E-state index contributed by atoms with van der Waals surface area (Å²) in [4.78, 5) is 16.5. The minimum absolute atomic E-state index is 0.00425. The van der Waals surface area contributed by atoms with Gasteiger partial charge in [-0.3, -0.25) is 9.79 Å². The fraction of sp³-hybridized carbons (Fsp3) is 0.263. The number of carbonyl (C=O) groups excluding carboxylic acids is 1. The third kappa shape index (κ3) is 2.67. The first kappa shape index (κ1) is 14.5. The van der Waals surface area contributed by atoms with Gasteiger partial charge in [0.15, 0.2) is 5.78 Å². The topological polar surface area (TPSA) is 49.7 Å². The first-order valence-electron chi connectivity index (χ1n) is 7.58. The SMILES string of the molecule is CN=C(Cc1cccc2ccccc12)C1=C(O)CCCC1=O. The summed E-state index contributed by atoms with van der Waals surface area (Å²) >= 11 is 0. The van der Waals surface area contributed by atoms with Crippen LogP contribution in [0.5, 0.6) is 0 Å². The molecule has 0 saturated carbocycles. The molecule has 0 amide bonds. The molecule has 3 nitrogen and oxygen atoms in total. The van der Waals surface area contributed by atoms with Crippen LogP contribution in [0.15, 0.2) is 58.8 Å². The van der Waals surface area contributed by atoms with Crippen LogP contribution in [0.25, 0.3) is 10.8 Å². The van der Waals surface area contributed by atoms with E-state index in [0.29, 0.717) is 30.5 Å². The number of fused-ring (bicyclic) bond motifs is 1. The minimum atomic E-state index is 0.00425. The Labute approximate surface area is 130 Å². The second-order valence-corrected chi connectivity index (χ2v) is 5.58. The van der Waals surface area contributed by atoms with Gasteiger partial charge in [-0.05, 0) is 22.8 Å². The Hall–Kier alpha value is -2.42. The van der Waals surface area contributed by atoms with Gasteiger partial charge in [-0.15, -0.1) is 0 Å². The third-order valence-corrected chi connectivity index (χ3v) is 4.18. The van der Waals surface area contributed by atoms with Gasteiger partial charge in [0.1, 0.15) is 5.76 Å². The molecule has 0 fully saturated rings. The van der Waals surface area contributed by atoms with Crippen LogP contribution in [0.3, 0.4) is 0 Å². The number of hydrogen-bond acceptors (Lipinski definition) is 3. The number of hydrogen-bond donors (Lipinski definition) is 1. The van der Waals surface area contributed by atoms with E-state index in [1.54, 1.807) is 7.05 Å². The summed E-state index contributed by atoms with van der Waals surface area (Å²) in [5.74, 6) is 0.196. The van der Waals surface area contributed by atoms with Crippen LogP contribution in [-0.2, 0) is 11.2 Å². The first-order chi connectivity index (χ1) is 10.7. The zero-order valence-corrected chi connectivity index (χ0v) is 12.7. The first-order valence-corrected chi connectivity index (χ1v) is 7.58. The summed E-state index contributed by atoms with van der Waals surface area (Å²) in [5.41, 5.74) is 2.23. The van der Waals surface area contributed by atoms with Crippen molar-refractivity contribution in [3.63, 3.8) is 0 Å². The molecule has 1 aliphatic carbocycles. The van der Waals surface area contributed by atoms with Gasteiger partial charge >= 0.3 is 0 Å². The Bertz CT molecular complexity index is 782. The van der Waals surface area contributed by atoms with E-state index in [4.69, 9.17) is 0 Å². The van der Waals surface area contributed by atoms with Crippen molar-refractivity contribution in [2.75, 3.05) is 7.05 Å². The van der Waals surface area contributed by atoms with Crippen molar-refractivity contribution in [1.82, 2.24) is 0 Å². The van der Waals surface area contributed by atoms with Gasteiger partial charge in [0, 0.05) is 26.3 Å². The molecule has 0 atom stereocenters. The zero-order valence-electron chi connectivity index (χ0n) is 12.7. The van der Waals surface area contributed by atoms with Crippen molar-refractivity contribution in [2.24, 2.45) is 4.99 Å². The highest BCUT2D eigenvalue weighted by molar-refractivity contribution is 6.23. The Morgan fingerprint density at radius 3 is 2.68 bits per heavy atom. The molecular weight excluding hydrogens is 274 g/mol. The lowest BCUT2D eigenvalue weighted by Gasteiger charge is -2.17. The number of Topliss-reactive ketones (excluding diaryl/α,β-unsaturated/α-hetero) is 1. The fourth-order valence-corrected chi connectivity index (χ4v) is 3.06. The van der Waals surface area contributed by atoms with Crippen molar-refractivity contribution >= 4 is 22.3 Å². The number of rotatable bonds is 3. The van der Waals surface area contributed by atoms with E-state index < -0.39 is 0 Å². The Morgan fingerprint density at radius 1 is 1.14 bits per heavy atom. The molecule has 2 aromatic rings. The van der Waals surface area contributed by atoms with Crippen LogP contribution in [0.2, 0.25) is 0 Å². The maximum atomic E-state index is 12.2. The molecule has 0 unspecified atom stereocenters. The molecule has 0 spiro atoms. The van der Waals surface area contributed by atoms with E-state index >= 15 is 0 Å². The number of aliphatic hydroxyl groups excluding tert-OH is 1. The lowest BCUT2D eigenvalue weighted by Crippen LogP contribution is -2.21. The van der Waals surface area contributed by atoms with Crippen molar-refractivity contribution < 1.29 is 9.90 Å². The van der Waals surface area contributed by atoms with Crippen LogP contribution in [0.1, 0.15) is 24.8 Å². The monoisotopic (exact) mass is 293 g/mol. The molecule has 3 heteroatoms. The third-order valence-electron chi connectivity index (χ3n) is 4.18. The molecule has 0 aromatic heterocycles. The van der Waals surface area contributed by atoms with E-state index in [1.807, 2.05) is 18.2 Å². The van der Waals surface area contributed by atoms with E-state index in [-0.39, 0.29) is 11.5 Å². The number of nitrogens with zero attached hydrogens (tertiary/aromatic N) is 1. The average molecular weight is 293 g/mol. The van der Waals surface area contributed by atoms with Crippen molar-refractivity contribution in [1.29, 1.82) is 0 Å². The highest BCUT2D eigenvalue weighted by atomic mass is 16.3. The summed E-state index contributed by atoms with van der Waals surface area (Å²) in [6.45, 7) is 0. The van der Waals surface area contributed by atoms with Crippen molar-refractivity contribution in [3.8, 4) is 0 Å². The van der Waals surface area contributed by atoms with Gasteiger partial charge in [-0.25, -0.2) is 0 Å². The zero-order chi connectivity index (χ0) is 15.5. The summed E-state index contributed by atoms with van der Waals surface area (Å²) in [5, 5.41) is 12.4. The molecule has 0 bridgehead atoms. The van der Waals surface area contributed by atoms with Crippen LogP contribution >= 0.6 is 0 Å². The van der Waals surface area contributed by atoms with Gasteiger partial charge in [0.05, 0.1) is 11.3 Å². The number of aliphatic hydroxyl groups is 1. The van der Waals surface area contributed by atoms with Crippen LogP contribution in [-0.4, -0.2) is 23.6 Å². The second-order valence-electron chi connectivity index (χ2n) is 5.58. The predicted molar refractivity (Wildman–Crippen MR) is 89.5 cm³/mol. The minimum Gasteiger partial charge on any atom is -0.511 e. The lowest BCUT2D eigenvalue weighted by molar-refractivity contribution is -0.115. The van der Waals surface area contributed by atoms with Crippen LogP contribution in [0, 0.1) is 0 Å². The van der Waals surface area contributed by atoms with Gasteiger partial charge < -0.3 is 5.11 Å². The van der Waals surface area contributed by atoms with E-state index in [9.17, 15) is 9.90 Å². The number of aliphatic imine (C=N–C) groups is 1. The molecule has 0 radical (unpaired) electrons. The quantitative estimate of drug-likeness (QED) is 0.869. The number of ketones is 1. The molecule has 0 saturated heterocycles. The highest BCUT2D eigenvalue weighted by Crippen LogP contribution is 2.25.